The van der Waals surface area contributed by atoms with Crippen molar-refractivity contribution in [2.24, 2.45) is 0 Å². The molecule has 104 valence electrons. The van der Waals surface area contributed by atoms with Crippen LogP contribution in [0.5, 0.6) is 5.75 Å². The second kappa shape index (κ2) is 6.10. The van der Waals surface area contributed by atoms with Crippen LogP contribution in [0.4, 0.5) is 0 Å². The summed E-state index contributed by atoms with van der Waals surface area (Å²) < 4.78 is 5.58. The Kier molecular flexibility index (Phi) is 3.83. The van der Waals surface area contributed by atoms with E-state index in [4.69, 9.17) is 10.00 Å². The van der Waals surface area contributed by atoms with E-state index in [1.807, 2.05) is 48.5 Å². The molecule has 2 aromatic carbocycles. The number of nitriles is 1. The zero-order valence-corrected chi connectivity index (χ0v) is 11.5. The minimum Gasteiger partial charge on any atom is -0.494 e. The lowest BCUT2D eigenvalue weighted by molar-refractivity contribution is 0.313. The first-order valence-corrected chi connectivity index (χ1v) is 6.92. The maximum absolute atomic E-state index is 8.47. The number of unbranched alkanes of at least 4 members (excludes halogenated alkanes) is 1. The molecule has 3 rings (SSSR count). The van der Waals surface area contributed by atoms with Crippen LogP contribution in [0.2, 0.25) is 0 Å². The average molecular weight is 277 g/mol. The van der Waals surface area contributed by atoms with E-state index in [0.29, 0.717) is 13.0 Å². The molecule has 0 aliphatic rings. The van der Waals surface area contributed by atoms with E-state index in [1.54, 1.807) is 0 Å². The van der Waals surface area contributed by atoms with Crippen molar-refractivity contribution < 1.29 is 4.74 Å². The van der Waals surface area contributed by atoms with Crippen molar-refractivity contribution in [3.05, 3.63) is 48.5 Å². The summed E-state index contributed by atoms with van der Waals surface area (Å²) in [6, 6.07) is 17.9. The van der Waals surface area contributed by atoms with Crippen LogP contribution in [0.1, 0.15) is 12.8 Å². The molecule has 0 aliphatic heterocycles. The molecule has 0 fully saturated rings. The highest BCUT2D eigenvalue weighted by atomic mass is 16.5. The number of aromatic nitrogens is 2. The average Bonchev–Trinajstić information content (AvgIpc) is 2.96. The van der Waals surface area contributed by atoms with E-state index in [9.17, 15) is 0 Å². The van der Waals surface area contributed by atoms with Gasteiger partial charge in [0.2, 0.25) is 0 Å². The first-order chi connectivity index (χ1) is 10.4. The molecule has 0 bridgehead atoms. The molecule has 0 atom stereocenters. The number of fused-ring (bicyclic) bond motifs is 1. The minimum atomic E-state index is 0.525. The second-order valence-electron chi connectivity index (χ2n) is 4.74. The van der Waals surface area contributed by atoms with Gasteiger partial charge in [-0.1, -0.05) is 12.1 Å². The number of nitrogens with one attached hydrogen (secondary N) is 1. The topological polar surface area (TPSA) is 61.7 Å². The summed E-state index contributed by atoms with van der Waals surface area (Å²) in [5.74, 6) is 1.67. The maximum Gasteiger partial charge on any atom is 0.138 e. The Morgan fingerprint density at radius 1 is 1.10 bits per heavy atom. The zero-order chi connectivity index (χ0) is 14.5. The van der Waals surface area contributed by atoms with Crippen LogP contribution >= 0.6 is 0 Å². The van der Waals surface area contributed by atoms with Crippen LogP contribution in [-0.2, 0) is 0 Å². The fourth-order valence-corrected chi connectivity index (χ4v) is 2.14. The molecular weight excluding hydrogens is 262 g/mol. The highest BCUT2D eigenvalue weighted by Crippen LogP contribution is 2.22. The molecule has 1 aromatic heterocycles. The molecule has 0 radical (unpaired) electrons. The van der Waals surface area contributed by atoms with Gasteiger partial charge in [0.15, 0.2) is 0 Å². The fourth-order valence-electron chi connectivity index (χ4n) is 2.14. The van der Waals surface area contributed by atoms with Crippen LogP contribution in [-0.4, -0.2) is 16.6 Å². The number of H-pyrrole nitrogens is 1. The second-order valence-corrected chi connectivity index (χ2v) is 4.74. The molecule has 4 nitrogen and oxygen atoms in total. The van der Waals surface area contributed by atoms with Crippen molar-refractivity contribution in [3.8, 4) is 23.2 Å². The van der Waals surface area contributed by atoms with Crippen LogP contribution < -0.4 is 4.74 Å². The summed E-state index contributed by atoms with van der Waals surface area (Å²) in [5, 5.41) is 8.47. The van der Waals surface area contributed by atoms with Crippen LogP contribution in [0, 0.1) is 11.3 Å². The van der Waals surface area contributed by atoms with Gasteiger partial charge in [0, 0.05) is 12.0 Å². The quantitative estimate of drug-likeness (QED) is 0.719. The molecule has 0 saturated carbocycles. The number of aromatic amines is 1. The number of para-hydroxylation sites is 2. The first kappa shape index (κ1) is 13.2. The van der Waals surface area contributed by atoms with Crippen LogP contribution in [0.3, 0.4) is 0 Å². The van der Waals surface area contributed by atoms with Gasteiger partial charge in [-0.25, -0.2) is 4.98 Å². The lowest BCUT2D eigenvalue weighted by Gasteiger charge is -2.05. The summed E-state index contributed by atoms with van der Waals surface area (Å²) in [4.78, 5) is 7.87. The first-order valence-electron chi connectivity index (χ1n) is 6.92. The fraction of sp³-hybridized carbons (Fsp3) is 0.176. The molecular formula is C17H15N3O. The number of nitrogens with zero attached hydrogens (tertiary/aromatic N) is 2. The lowest BCUT2D eigenvalue weighted by Crippen LogP contribution is -1.96. The molecule has 21 heavy (non-hydrogen) atoms. The van der Waals surface area contributed by atoms with E-state index in [0.717, 1.165) is 34.6 Å². The summed E-state index contributed by atoms with van der Waals surface area (Å²) in [6.07, 6.45) is 1.28. The molecule has 0 saturated heterocycles. The Hall–Kier alpha value is -2.80. The summed E-state index contributed by atoms with van der Waals surface area (Å²) in [6.45, 7) is 0.567. The third kappa shape index (κ3) is 3.03. The van der Waals surface area contributed by atoms with Gasteiger partial charge in [-0.15, -0.1) is 0 Å². The van der Waals surface area contributed by atoms with Crippen molar-refractivity contribution >= 4 is 11.0 Å². The Labute approximate surface area is 123 Å². The molecule has 3 aromatic rings. The van der Waals surface area contributed by atoms with Crippen LogP contribution in [0.25, 0.3) is 22.4 Å². The molecule has 1 heterocycles. The van der Waals surface area contributed by atoms with Gasteiger partial charge in [-0.3, -0.25) is 0 Å². The van der Waals surface area contributed by atoms with Gasteiger partial charge in [0.05, 0.1) is 23.7 Å². The number of hydrogen-bond acceptors (Lipinski definition) is 3. The Balaban J connectivity index is 1.73. The highest BCUT2D eigenvalue weighted by molar-refractivity contribution is 5.79. The van der Waals surface area contributed by atoms with Crippen LogP contribution in [0.15, 0.2) is 48.5 Å². The Bertz CT molecular complexity index is 736. The summed E-state index contributed by atoms with van der Waals surface area (Å²) >= 11 is 0. The smallest absolute Gasteiger partial charge is 0.138 e. The van der Waals surface area contributed by atoms with E-state index >= 15 is 0 Å². The maximum atomic E-state index is 8.47. The normalized spacial score (nSPS) is 10.4. The summed E-state index contributed by atoms with van der Waals surface area (Å²) in [5.41, 5.74) is 3.02. The van der Waals surface area contributed by atoms with Gasteiger partial charge < -0.3 is 9.72 Å². The van der Waals surface area contributed by atoms with E-state index in [-0.39, 0.29) is 0 Å². The molecule has 0 spiro atoms. The van der Waals surface area contributed by atoms with Crippen molar-refractivity contribution in [2.75, 3.05) is 6.61 Å². The largest absolute Gasteiger partial charge is 0.494 e. The van der Waals surface area contributed by atoms with Crippen molar-refractivity contribution in [1.82, 2.24) is 9.97 Å². The minimum absolute atomic E-state index is 0.525. The van der Waals surface area contributed by atoms with Gasteiger partial charge >= 0.3 is 0 Å². The van der Waals surface area contributed by atoms with Gasteiger partial charge in [-0.05, 0) is 42.8 Å². The molecule has 0 aliphatic carbocycles. The number of ether oxygens (including phenoxy) is 1. The van der Waals surface area contributed by atoms with E-state index in [1.165, 1.54) is 0 Å². The number of rotatable bonds is 5. The highest BCUT2D eigenvalue weighted by Gasteiger charge is 2.04. The standard InChI is InChI=1S/C17H15N3O/c18-11-3-4-12-21-14-9-7-13(8-10-14)17-19-15-5-1-2-6-16(15)20-17/h1-2,5-10H,3-4,12H2,(H,19,20). The number of imidazole rings is 1. The SMILES string of the molecule is N#CCCCOc1ccc(-c2nc3ccccc3[nH]2)cc1. The lowest BCUT2D eigenvalue weighted by atomic mass is 10.2. The van der Waals surface area contributed by atoms with Gasteiger partial charge in [0.1, 0.15) is 11.6 Å². The van der Waals surface area contributed by atoms with Crippen molar-refractivity contribution in [1.29, 1.82) is 5.26 Å². The molecule has 0 unspecified atom stereocenters. The third-order valence-electron chi connectivity index (χ3n) is 3.22. The Morgan fingerprint density at radius 2 is 1.90 bits per heavy atom. The van der Waals surface area contributed by atoms with Crippen molar-refractivity contribution in [2.45, 2.75) is 12.8 Å². The monoisotopic (exact) mass is 277 g/mol. The number of benzene rings is 2. The van der Waals surface area contributed by atoms with Crippen molar-refractivity contribution in [3.63, 3.8) is 0 Å². The van der Waals surface area contributed by atoms with E-state index < -0.39 is 0 Å². The predicted molar refractivity (Wildman–Crippen MR) is 81.9 cm³/mol. The van der Waals surface area contributed by atoms with Gasteiger partial charge in [0.25, 0.3) is 0 Å². The third-order valence-corrected chi connectivity index (χ3v) is 3.22. The zero-order valence-electron chi connectivity index (χ0n) is 11.5. The molecule has 1 N–H and O–H groups in total. The number of hydrogen-bond donors (Lipinski definition) is 1. The van der Waals surface area contributed by atoms with E-state index in [2.05, 4.69) is 16.0 Å². The van der Waals surface area contributed by atoms with Gasteiger partial charge in [-0.2, -0.15) is 5.26 Å². The predicted octanol–water partition coefficient (Wildman–Crippen LogP) is 3.91. The Morgan fingerprint density at radius 3 is 2.67 bits per heavy atom. The summed E-state index contributed by atoms with van der Waals surface area (Å²) in [7, 11) is 0. The molecule has 0 amide bonds. The molecule has 4 heteroatoms.